The summed E-state index contributed by atoms with van der Waals surface area (Å²) in [4.78, 5) is 22.6. The lowest BCUT2D eigenvalue weighted by atomic mass is 10.1. The van der Waals surface area contributed by atoms with Crippen LogP contribution < -0.4 is 10.1 Å². The van der Waals surface area contributed by atoms with Crippen molar-refractivity contribution in [2.75, 3.05) is 19.8 Å². The maximum atomic E-state index is 12.3. The maximum absolute atomic E-state index is 12.3. The number of carboxylic acids is 1. The third-order valence-electron chi connectivity index (χ3n) is 3.54. The molecule has 6 nitrogen and oxygen atoms in total. The summed E-state index contributed by atoms with van der Waals surface area (Å²) in [7, 11) is 0. The molecule has 0 aromatic heterocycles. The molecule has 0 unspecified atom stereocenters. The van der Waals surface area contributed by atoms with Crippen LogP contribution >= 0.6 is 11.6 Å². The van der Waals surface area contributed by atoms with E-state index in [1.807, 2.05) is 0 Å². The van der Waals surface area contributed by atoms with Gasteiger partial charge in [-0.2, -0.15) is 0 Å². The van der Waals surface area contributed by atoms with Crippen molar-refractivity contribution in [3.8, 4) is 5.75 Å². The van der Waals surface area contributed by atoms with Crippen LogP contribution in [-0.4, -0.2) is 42.8 Å². The summed E-state index contributed by atoms with van der Waals surface area (Å²) in [6, 6.07) is 4.97. The van der Waals surface area contributed by atoms with E-state index in [1.54, 1.807) is 18.2 Å². The van der Waals surface area contributed by atoms with Gasteiger partial charge in [0.1, 0.15) is 12.4 Å². The highest BCUT2D eigenvalue weighted by Gasteiger charge is 2.20. The number of hydrogen-bond acceptors (Lipinski definition) is 4. The minimum absolute atomic E-state index is 0.122. The lowest BCUT2D eigenvalue weighted by molar-refractivity contribution is -0.142. The monoisotopic (exact) mass is 341 g/mol. The van der Waals surface area contributed by atoms with Crippen LogP contribution in [0.1, 0.15) is 36.0 Å². The molecule has 1 saturated carbocycles. The third-order valence-corrected chi connectivity index (χ3v) is 3.77. The quantitative estimate of drug-likeness (QED) is 0.710. The van der Waals surface area contributed by atoms with Gasteiger partial charge in [0.15, 0.2) is 0 Å². The Hall–Kier alpha value is -1.79. The molecule has 2 N–H and O–H groups in total. The number of nitrogens with one attached hydrogen (secondary N) is 1. The molecule has 0 spiro atoms. The van der Waals surface area contributed by atoms with Crippen LogP contribution in [0.2, 0.25) is 5.02 Å². The normalized spacial score (nSPS) is 14.7. The van der Waals surface area contributed by atoms with E-state index in [1.165, 1.54) is 0 Å². The molecule has 2 rings (SSSR count). The van der Waals surface area contributed by atoms with Gasteiger partial charge >= 0.3 is 5.97 Å². The smallest absolute Gasteiger partial charge is 0.329 e. The summed E-state index contributed by atoms with van der Waals surface area (Å²) in [5.74, 6) is -0.844. The van der Waals surface area contributed by atoms with Gasteiger partial charge in [0.2, 0.25) is 0 Å². The number of halogens is 1. The Morgan fingerprint density at radius 2 is 2.04 bits per heavy atom. The van der Waals surface area contributed by atoms with Crippen molar-refractivity contribution in [2.45, 2.75) is 31.8 Å². The van der Waals surface area contributed by atoms with Crippen molar-refractivity contribution in [1.29, 1.82) is 0 Å². The van der Waals surface area contributed by atoms with E-state index in [0.717, 1.165) is 25.7 Å². The molecule has 0 saturated heterocycles. The SMILES string of the molecule is O=C(O)COCCNC(=O)c1cc(Cl)ccc1OC1CCCC1. The number of aliphatic carboxylic acids is 1. The first-order valence-corrected chi connectivity index (χ1v) is 7.98. The summed E-state index contributed by atoms with van der Waals surface area (Å²) < 4.78 is 10.8. The van der Waals surface area contributed by atoms with E-state index in [-0.39, 0.29) is 31.8 Å². The maximum Gasteiger partial charge on any atom is 0.329 e. The number of carboxylic acid groups (broad SMARTS) is 1. The summed E-state index contributed by atoms with van der Waals surface area (Å²) in [5, 5.41) is 11.6. The molecule has 126 valence electrons. The van der Waals surface area contributed by atoms with Crippen LogP contribution in [0.5, 0.6) is 5.75 Å². The second-order valence-corrected chi connectivity index (χ2v) is 5.80. The predicted molar refractivity (Wildman–Crippen MR) is 85.1 cm³/mol. The van der Waals surface area contributed by atoms with Crippen LogP contribution in [0, 0.1) is 0 Å². The summed E-state index contributed by atoms with van der Waals surface area (Å²) in [6.07, 6.45) is 4.41. The standard InChI is InChI=1S/C16H20ClNO5/c17-11-5-6-14(23-12-3-1-2-4-12)13(9-11)16(21)18-7-8-22-10-15(19)20/h5-6,9,12H,1-4,7-8,10H2,(H,18,21)(H,19,20). The fraction of sp³-hybridized carbons (Fsp3) is 0.500. The van der Waals surface area contributed by atoms with E-state index >= 15 is 0 Å². The Balaban J connectivity index is 1.92. The number of ether oxygens (including phenoxy) is 2. The Kier molecular flexibility index (Phi) is 6.67. The molecule has 7 heteroatoms. The summed E-state index contributed by atoms with van der Waals surface area (Å²) >= 11 is 5.97. The van der Waals surface area contributed by atoms with Crippen molar-refractivity contribution in [1.82, 2.24) is 5.32 Å². The van der Waals surface area contributed by atoms with E-state index in [9.17, 15) is 9.59 Å². The highest BCUT2D eigenvalue weighted by molar-refractivity contribution is 6.31. The first-order chi connectivity index (χ1) is 11.1. The van der Waals surface area contributed by atoms with E-state index < -0.39 is 5.97 Å². The Bertz CT molecular complexity index is 557. The van der Waals surface area contributed by atoms with Gasteiger partial charge in [-0.3, -0.25) is 4.79 Å². The average molecular weight is 342 g/mol. The van der Waals surface area contributed by atoms with Gasteiger partial charge in [-0.25, -0.2) is 4.79 Å². The number of amides is 1. The molecular formula is C16H20ClNO5. The fourth-order valence-corrected chi connectivity index (χ4v) is 2.63. The molecule has 0 atom stereocenters. The van der Waals surface area contributed by atoms with Gasteiger partial charge < -0.3 is 19.9 Å². The lowest BCUT2D eigenvalue weighted by Crippen LogP contribution is -2.28. The van der Waals surface area contributed by atoms with E-state index in [2.05, 4.69) is 5.32 Å². The van der Waals surface area contributed by atoms with Crippen molar-refractivity contribution in [3.63, 3.8) is 0 Å². The average Bonchev–Trinajstić information content (AvgIpc) is 3.01. The van der Waals surface area contributed by atoms with E-state index in [0.29, 0.717) is 16.3 Å². The molecule has 0 bridgehead atoms. The Morgan fingerprint density at radius 1 is 1.30 bits per heavy atom. The number of hydrogen-bond donors (Lipinski definition) is 2. The molecule has 1 fully saturated rings. The Labute approximate surface area is 139 Å². The number of benzene rings is 1. The topological polar surface area (TPSA) is 84.9 Å². The highest BCUT2D eigenvalue weighted by atomic mass is 35.5. The van der Waals surface area contributed by atoms with Crippen LogP contribution in [0.25, 0.3) is 0 Å². The van der Waals surface area contributed by atoms with Gasteiger partial charge in [-0.1, -0.05) is 11.6 Å². The zero-order valence-electron chi connectivity index (χ0n) is 12.7. The number of carbonyl (C=O) groups is 2. The second-order valence-electron chi connectivity index (χ2n) is 5.37. The minimum atomic E-state index is -1.04. The van der Waals surface area contributed by atoms with E-state index in [4.69, 9.17) is 26.2 Å². The predicted octanol–water partition coefficient (Wildman–Crippen LogP) is 2.49. The first-order valence-electron chi connectivity index (χ1n) is 7.60. The van der Waals surface area contributed by atoms with Crippen LogP contribution in [-0.2, 0) is 9.53 Å². The molecule has 0 heterocycles. The fourth-order valence-electron chi connectivity index (χ4n) is 2.46. The van der Waals surface area contributed by atoms with Gasteiger partial charge in [-0.15, -0.1) is 0 Å². The van der Waals surface area contributed by atoms with Gasteiger partial charge in [-0.05, 0) is 43.9 Å². The van der Waals surface area contributed by atoms with Gasteiger partial charge in [0.05, 0.1) is 18.3 Å². The molecule has 0 aliphatic heterocycles. The van der Waals surface area contributed by atoms with Crippen molar-refractivity contribution >= 4 is 23.5 Å². The Morgan fingerprint density at radius 3 is 2.74 bits per heavy atom. The zero-order chi connectivity index (χ0) is 16.7. The van der Waals surface area contributed by atoms with Crippen LogP contribution in [0.15, 0.2) is 18.2 Å². The van der Waals surface area contributed by atoms with Crippen molar-refractivity contribution < 1.29 is 24.2 Å². The third kappa shape index (κ3) is 5.73. The van der Waals surface area contributed by atoms with Crippen LogP contribution in [0.4, 0.5) is 0 Å². The second kappa shape index (κ2) is 8.74. The minimum Gasteiger partial charge on any atom is -0.490 e. The molecular weight excluding hydrogens is 322 g/mol. The van der Waals surface area contributed by atoms with Gasteiger partial charge in [0.25, 0.3) is 5.91 Å². The highest BCUT2D eigenvalue weighted by Crippen LogP contribution is 2.28. The molecule has 1 aliphatic rings. The summed E-state index contributed by atoms with van der Waals surface area (Å²) in [6.45, 7) is -0.0536. The number of carbonyl (C=O) groups excluding carboxylic acids is 1. The molecule has 0 radical (unpaired) electrons. The van der Waals surface area contributed by atoms with Crippen LogP contribution in [0.3, 0.4) is 0 Å². The molecule has 1 aliphatic carbocycles. The van der Waals surface area contributed by atoms with Crippen molar-refractivity contribution in [2.24, 2.45) is 0 Å². The number of rotatable bonds is 8. The largest absolute Gasteiger partial charge is 0.490 e. The molecule has 1 aromatic rings. The summed E-state index contributed by atoms with van der Waals surface area (Å²) in [5.41, 5.74) is 0.377. The molecule has 23 heavy (non-hydrogen) atoms. The van der Waals surface area contributed by atoms with Crippen molar-refractivity contribution in [3.05, 3.63) is 28.8 Å². The van der Waals surface area contributed by atoms with Gasteiger partial charge in [0, 0.05) is 11.6 Å². The lowest BCUT2D eigenvalue weighted by Gasteiger charge is -2.16. The molecule has 1 aromatic carbocycles. The first kappa shape index (κ1) is 17.6. The molecule has 1 amide bonds. The zero-order valence-corrected chi connectivity index (χ0v) is 13.5.